The summed E-state index contributed by atoms with van der Waals surface area (Å²) in [5, 5.41) is 10.8. The third kappa shape index (κ3) is 10.0. The molecule has 0 spiro atoms. The van der Waals surface area contributed by atoms with Crippen LogP contribution in [0.15, 0.2) is 60.8 Å². The number of hydrogen-bond acceptors (Lipinski definition) is 9. The third-order valence-electron chi connectivity index (χ3n) is 9.16. The molecule has 0 radical (unpaired) electrons. The van der Waals surface area contributed by atoms with Crippen molar-refractivity contribution >= 4 is 38.5 Å². The molecule has 0 saturated carbocycles. The van der Waals surface area contributed by atoms with E-state index in [-0.39, 0.29) is 70.3 Å². The number of fused-ring (bicyclic) bond motifs is 1. The molecule has 1 aliphatic heterocycles. The van der Waals surface area contributed by atoms with E-state index in [0.717, 1.165) is 47.8 Å². The van der Waals surface area contributed by atoms with Crippen molar-refractivity contribution in [3.05, 3.63) is 94.8 Å². The second-order valence-corrected chi connectivity index (χ2v) is 16.9. The van der Waals surface area contributed by atoms with Crippen LogP contribution in [0.5, 0.6) is 5.75 Å². The van der Waals surface area contributed by atoms with Gasteiger partial charge in [0.1, 0.15) is 24.1 Å². The highest BCUT2D eigenvalue weighted by Crippen LogP contribution is 2.39. The monoisotopic (exact) mass is 829 g/mol. The molecule has 310 valence electrons. The zero-order valence-electron chi connectivity index (χ0n) is 32.6. The first kappa shape index (κ1) is 42.3. The maximum atomic E-state index is 15.9. The second-order valence-electron chi connectivity index (χ2n) is 15.0. The number of nitrogens with zero attached hydrogens (tertiary/aromatic N) is 5. The van der Waals surface area contributed by atoms with Crippen molar-refractivity contribution in [2.24, 2.45) is 0 Å². The van der Waals surface area contributed by atoms with Crippen LogP contribution in [0.4, 0.5) is 33.6 Å². The molecule has 4 heterocycles. The molecule has 6 rings (SSSR count). The average molecular weight is 830 g/mol. The summed E-state index contributed by atoms with van der Waals surface area (Å²) in [7, 11) is -3.87. The standard InChI is InChI=1S/C40H44F5N7O5S/c1-6-51(58(5,54)55)37-26(16-27(41)22-47-37)21-46-36-34-31(52(33-14-10-11-15-56-33)50-35(34)38(53)49-39(2,3)4)19-30(48-36)28-18-29(42)32(17-25(28)20-40(43,44)45)57-23-24-12-8-7-9-13-24/h7-9,12-13,16-19,22,33H,6,10-11,14-15,20-21,23H2,1-5H3,(H,46,48)(H,49,53). The van der Waals surface area contributed by atoms with Crippen molar-refractivity contribution in [2.75, 3.05) is 29.0 Å². The highest BCUT2D eigenvalue weighted by atomic mass is 32.2. The lowest BCUT2D eigenvalue weighted by Crippen LogP contribution is -2.41. The Morgan fingerprint density at radius 3 is 2.43 bits per heavy atom. The van der Waals surface area contributed by atoms with Gasteiger partial charge in [0, 0.05) is 36.4 Å². The number of alkyl halides is 3. The van der Waals surface area contributed by atoms with Gasteiger partial charge in [-0.25, -0.2) is 31.8 Å². The highest BCUT2D eigenvalue weighted by molar-refractivity contribution is 7.92. The summed E-state index contributed by atoms with van der Waals surface area (Å²) in [6.07, 6.45) is -2.99. The number of halogens is 5. The molecular formula is C40H44F5N7O5S. The minimum absolute atomic E-state index is 0.0354. The number of benzene rings is 2. The fourth-order valence-electron chi connectivity index (χ4n) is 6.71. The maximum absolute atomic E-state index is 15.9. The molecule has 0 aliphatic carbocycles. The van der Waals surface area contributed by atoms with E-state index in [4.69, 9.17) is 14.5 Å². The number of rotatable bonds is 13. The van der Waals surface area contributed by atoms with E-state index in [1.807, 2.05) is 0 Å². The van der Waals surface area contributed by atoms with Gasteiger partial charge in [-0.1, -0.05) is 30.3 Å². The van der Waals surface area contributed by atoms with Gasteiger partial charge in [-0.2, -0.15) is 18.3 Å². The first-order valence-electron chi connectivity index (χ1n) is 18.6. The molecule has 0 bridgehead atoms. The molecular weight excluding hydrogens is 786 g/mol. The van der Waals surface area contributed by atoms with Gasteiger partial charge in [0.05, 0.1) is 35.5 Å². The Morgan fingerprint density at radius 1 is 1.05 bits per heavy atom. The number of sulfonamides is 1. The molecule has 1 saturated heterocycles. The molecule has 3 aromatic heterocycles. The molecule has 1 unspecified atom stereocenters. The Labute approximate surface area is 332 Å². The minimum atomic E-state index is -4.73. The number of carbonyl (C=O) groups is 1. The molecule has 58 heavy (non-hydrogen) atoms. The van der Waals surface area contributed by atoms with E-state index >= 15 is 4.39 Å². The molecule has 18 heteroatoms. The number of amides is 1. The van der Waals surface area contributed by atoms with E-state index in [9.17, 15) is 30.8 Å². The van der Waals surface area contributed by atoms with Crippen molar-refractivity contribution in [1.82, 2.24) is 25.1 Å². The van der Waals surface area contributed by atoms with Crippen LogP contribution >= 0.6 is 0 Å². The Kier molecular flexibility index (Phi) is 12.3. The van der Waals surface area contributed by atoms with Gasteiger partial charge in [0.25, 0.3) is 5.91 Å². The zero-order chi connectivity index (χ0) is 42.0. The summed E-state index contributed by atoms with van der Waals surface area (Å²) in [6.45, 7) is 6.82. The molecule has 12 nitrogen and oxygen atoms in total. The number of hydrogen-bond donors (Lipinski definition) is 2. The topological polar surface area (TPSA) is 141 Å². The molecule has 1 amide bonds. The van der Waals surface area contributed by atoms with E-state index in [0.29, 0.717) is 18.6 Å². The Bertz CT molecular complexity index is 2400. The van der Waals surface area contributed by atoms with Crippen LogP contribution in [0.1, 0.15) is 80.4 Å². The van der Waals surface area contributed by atoms with E-state index < -0.39 is 57.7 Å². The summed E-state index contributed by atoms with van der Waals surface area (Å²) in [6, 6.07) is 13.2. The van der Waals surface area contributed by atoms with Crippen LogP contribution in [-0.4, -0.2) is 65.2 Å². The third-order valence-corrected chi connectivity index (χ3v) is 10.4. The quantitative estimate of drug-likeness (QED) is 0.113. The normalized spacial score (nSPS) is 15.0. The second kappa shape index (κ2) is 16.9. The predicted octanol–water partition coefficient (Wildman–Crippen LogP) is 8.08. The van der Waals surface area contributed by atoms with Crippen LogP contribution in [0.25, 0.3) is 22.2 Å². The maximum Gasteiger partial charge on any atom is 0.393 e. The average Bonchev–Trinajstić information content (AvgIpc) is 3.54. The number of pyridine rings is 2. The lowest BCUT2D eigenvalue weighted by Gasteiger charge is -2.24. The Morgan fingerprint density at radius 2 is 1.79 bits per heavy atom. The molecule has 2 aromatic carbocycles. The van der Waals surface area contributed by atoms with Crippen molar-refractivity contribution in [3.8, 4) is 17.0 Å². The molecule has 2 N–H and O–H groups in total. The summed E-state index contributed by atoms with van der Waals surface area (Å²) in [4.78, 5) is 22.7. The van der Waals surface area contributed by atoms with E-state index in [2.05, 4.69) is 20.7 Å². The van der Waals surface area contributed by atoms with Gasteiger partial charge in [0.2, 0.25) is 10.0 Å². The smallest absolute Gasteiger partial charge is 0.393 e. The highest BCUT2D eigenvalue weighted by Gasteiger charge is 2.33. The van der Waals surface area contributed by atoms with Gasteiger partial charge >= 0.3 is 6.18 Å². The SMILES string of the molecule is CCN(c1ncc(F)cc1CNc1nc(-c2cc(F)c(OCc3ccccc3)cc2CC(F)(F)F)cc2c1c(C(=O)NC(C)(C)C)nn2C1CCCCO1)S(C)(=O)=O. The van der Waals surface area contributed by atoms with Crippen molar-refractivity contribution < 1.29 is 44.6 Å². The van der Waals surface area contributed by atoms with Gasteiger partial charge in [-0.3, -0.25) is 9.10 Å². The number of nitrogens with one attached hydrogen (secondary N) is 2. The van der Waals surface area contributed by atoms with Crippen molar-refractivity contribution in [3.63, 3.8) is 0 Å². The predicted molar refractivity (Wildman–Crippen MR) is 209 cm³/mol. The van der Waals surface area contributed by atoms with Crippen LogP contribution in [-0.2, 0) is 34.3 Å². The van der Waals surface area contributed by atoms with E-state index in [1.54, 1.807) is 58.0 Å². The lowest BCUT2D eigenvalue weighted by molar-refractivity contribution is -0.127. The van der Waals surface area contributed by atoms with Crippen LogP contribution < -0.4 is 19.7 Å². The van der Waals surface area contributed by atoms with Crippen LogP contribution in [0, 0.1) is 11.6 Å². The van der Waals surface area contributed by atoms with E-state index in [1.165, 1.54) is 10.7 Å². The summed E-state index contributed by atoms with van der Waals surface area (Å²) < 4.78 is 113. The Balaban J connectivity index is 1.57. The molecule has 1 fully saturated rings. The van der Waals surface area contributed by atoms with Gasteiger partial charge in [-0.05, 0) is 82.3 Å². The largest absolute Gasteiger partial charge is 0.486 e. The molecule has 1 atom stereocenters. The minimum Gasteiger partial charge on any atom is -0.486 e. The number of ether oxygens (including phenoxy) is 2. The first-order valence-corrected chi connectivity index (χ1v) is 20.5. The first-order chi connectivity index (χ1) is 27.3. The zero-order valence-corrected chi connectivity index (χ0v) is 33.4. The fraction of sp³-hybridized carbons (Fsp3) is 0.400. The number of anilines is 2. The van der Waals surface area contributed by atoms with Crippen LogP contribution in [0.2, 0.25) is 0 Å². The van der Waals surface area contributed by atoms with Crippen molar-refractivity contribution in [1.29, 1.82) is 0 Å². The van der Waals surface area contributed by atoms with Crippen molar-refractivity contribution in [2.45, 2.75) is 84.5 Å². The van der Waals surface area contributed by atoms with Crippen LogP contribution in [0.3, 0.4) is 0 Å². The van der Waals surface area contributed by atoms with Gasteiger partial charge < -0.3 is 20.1 Å². The van der Waals surface area contributed by atoms with Gasteiger partial charge in [0.15, 0.2) is 23.5 Å². The number of aromatic nitrogens is 4. The fourth-order valence-corrected chi connectivity index (χ4v) is 7.66. The number of carbonyl (C=O) groups excluding carboxylic acids is 1. The molecule has 5 aromatic rings. The summed E-state index contributed by atoms with van der Waals surface area (Å²) >= 11 is 0. The van der Waals surface area contributed by atoms with Gasteiger partial charge in [-0.15, -0.1) is 0 Å². The molecule has 1 aliphatic rings. The summed E-state index contributed by atoms with van der Waals surface area (Å²) in [5.74, 6) is -2.89. The summed E-state index contributed by atoms with van der Waals surface area (Å²) in [5.41, 5.74) is -0.518. The Hall–Kier alpha value is -5.36. The lowest BCUT2D eigenvalue weighted by atomic mass is 9.99.